The highest BCUT2D eigenvalue weighted by molar-refractivity contribution is 7.90. The number of halogens is 3. The summed E-state index contributed by atoms with van der Waals surface area (Å²) in [5.74, 6) is 0. The van der Waals surface area contributed by atoms with Gasteiger partial charge in [-0.05, 0) is 42.3 Å². The van der Waals surface area contributed by atoms with Crippen LogP contribution >= 0.6 is 12.6 Å². The van der Waals surface area contributed by atoms with Crippen molar-refractivity contribution in [3.05, 3.63) is 90.0 Å². The molecule has 1 aliphatic rings. The van der Waals surface area contributed by atoms with E-state index >= 15 is 0 Å². The Kier molecular flexibility index (Phi) is 9.36. The van der Waals surface area contributed by atoms with Crippen molar-refractivity contribution in [2.75, 3.05) is 37.3 Å². The first-order chi connectivity index (χ1) is 19.5. The highest BCUT2D eigenvalue weighted by atomic mass is 32.2. The lowest BCUT2D eigenvalue weighted by Gasteiger charge is -2.43. The number of hydrogen-bond donors (Lipinski definition) is 2. The van der Waals surface area contributed by atoms with Crippen molar-refractivity contribution in [1.29, 1.82) is 0 Å². The van der Waals surface area contributed by atoms with E-state index in [9.17, 15) is 35.1 Å². The Labute approximate surface area is 249 Å². The summed E-state index contributed by atoms with van der Waals surface area (Å²) in [4.78, 5) is 2.07. The molecule has 8 nitrogen and oxygen atoms in total. The van der Waals surface area contributed by atoms with Crippen LogP contribution in [-0.2, 0) is 32.2 Å². The van der Waals surface area contributed by atoms with Crippen molar-refractivity contribution in [3.8, 4) is 0 Å². The molecule has 0 unspecified atom stereocenters. The average molecular weight is 644 g/mol. The normalized spacial score (nSPS) is 18.7. The van der Waals surface area contributed by atoms with Gasteiger partial charge < -0.3 is 10.0 Å². The van der Waals surface area contributed by atoms with Crippen LogP contribution in [0.1, 0.15) is 18.1 Å². The van der Waals surface area contributed by atoms with Gasteiger partial charge in [0.25, 0.3) is 0 Å². The molecule has 0 amide bonds. The van der Waals surface area contributed by atoms with Crippen LogP contribution in [0.2, 0.25) is 0 Å². The minimum absolute atomic E-state index is 0.0172. The summed E-state index contributed by atoms with van der Waals surface area (Å²) in [5.41, 5.74) is -2.23. The summed E-state index contributed by atoms with van der Waals surface area (Å²) in [5, 5.41) is 10.1. The standard InChI is InChI=1S/C28H32F3N3O5S3/c1-27(35,28(29,30)31)22-12-14-23(15-13-22)34-17-16-32(42(38,39)26-11-7-6-10-25(26)40)19-24(34)20-33(41(2,36)37)18-21-8-4-3-5-9-21/h3-15,24,35,40H,16-20H2,1-2H3/t24-,27-/m1/s1. The largest absolute Gasteiger partial charge is 0.421 e. The van der Waals surface area contributed by atoms with Gasteiger partial charge in [0, 0.05) is 43.3 Å². The Morgan fingerprint density at radius 1 is 0.929 bits per heavy atom. The number of hydrogen-bond acceptors (Lipinski definition) is 7. The number of benzene rings is 3. The van der Waals surface area contributed by atoms with E-state index in [-0.39, 0.29) is 48.1 Å². The van der Waals surface area contributed by atoms with Crippen molar-refractivity contribution >= 4 is 38.4 Å². The first kappa shape index (κ1) is 32.3. The molecule has 0 bridgehead atoms. The molecule has 1 heterocycles. The van der Waals surface area contributed by atoms with Gasteiger partial charge in [-0.15, -0.1) is 12.6 Å². The Bertz CT molecular complexity index is 1600. The third kappa shape index (κ3) is 6.95. The molecule has 14 heteroatoms. The molecule has 3 aromatic carbocycles. The van der Waals surface area contributed by atoms with Gasteiger partial charge >= 0.3 is 6.18 Å². The van der Waals surface area contributed by atoms with Crippen molar-refractivity contribution < 1.29 is 35.1 Å². The van der Waals surface area contributed by atoms with Gasteiger partial charge in [-0.1, -0.05) is 54.6 Å². The summed E-state index contributed by atoms with van der Waals surface area (Å²) >= 11 is 4.31. The fraction of sp³-hybridized carbons (Fsp3) is 0.357. The summed E-state index contributed by atoms with van der Waals surface area (Å²) in [6, 6.07) is 19.6. The first-order valence-electron chi connectivity index (χ1n) is 13.0. The highest BCUT2D eigenvalue weighted by Crippen LogP contribution is 2.39. The van der Waals surface area contributed by atoms with E-state index in [4.69, 9.17) is 0 Å². The smallest absolute Gasteiger partial charge is 0.376 e. The quantitative estimate of drug-likeness (QED) is 0.341. The van der Waals surface area contributed by atoms with Crippen LogP contribution in [-0.4, -0.2) is 75.2 Å². The number of alkyl halides is 3. The van der Waals surface area contributed by atoms with E-state index < -0.39 is 37.9 Å². The fourth-order valence-electron chi connectivity index (χ4n) is 4.84. The number of anilines is 1. The Hall–Kier alpha value is -2.62. The molecule has 1 saturated heterocycles. The van der Waals surface area contributed by atoms with E-state index in [2.05, 4.69) is 12.6 Å². The third-order valence-electron chi connectivity index (χ3n) is 7.33. The van der Waals surface area contributed by atoms with E-state index in [0.29, 0.717) is 12.6 Å². The predicted molar refractivity (Wildman–Crippen MR) is 157 cm³/mol. The lowest BCUT2D eigenvalue weighted by Crippen LogP contribution is -2.58. The molecule has 42 heavy (non-hydrogen) atoms. The number of rotatable bonds is 9. The summed E-state index contributed by atoms with van der Waals surface area (Å²) < 4.78 is 95.7. The predicted octanol–water partition coefficient (Wildman–Crippen LogP) is 4.09. The number of aliphatic hydroxyl groups is 1. The van der Waals surface area contributed by atoms with Crippen LogP contribution in [0.5, 0.6) is 0 Å². The molecule has 1 fully saturated rings. The molecule has 0 radical (unpaired) electrons. The molecule has 4 rings (SSSR count). The lowest BCUT2D eigenvalue weighted by molar-refractivity contribution is -0.258. The highest BCUT2D eigenvalue weighted by Gasteiger charge is 2.51. The van der Waals surface area contributed by atoms with Crippen molar-refractivity contribution in [1.82, 2.24) is 8.61 Å². The van der Waals surface area contributed by atoms with Crippen molar-refractivity contribution in [2.24, 2.45) is 0 Å². The molecule has 0 aromatic heterocycles. The van der Waals surface area contributed by atoms with Crippen LogP contribution in [0.4, 0.5) is 18.9 Å². The number of piperazine rings is 1. The van der Waals surface area contributed by atoms with E-state index in [1.54, 1.807) is 53.4 Å². The summed E-state index contributed by atoms with van der Waals surface area (Å²) in [7, 11) is -7.75. The molecular formula is C28H32F3N3O5S3. The van der Waals surface area contributed by atoms with Gasteiger partial charge in [-0.2, -0.15) is 21.8 Å². The fourth-order valence-corrected chi connectivity index (χ4v) is 7.72. The topological polar surface area (TPSA) is 98.2 Å². The SMILES string of the molecule is C[C@@](O)(c1ccc(N2CCN(S(=O)(=O)c3ccccc3S)C[C@@H]2CN(Cc2ccccc2)S(C)(=O)=O)cc1)C(F)(F)F. The maximum absolute atomic E-state index is 13.6. The zero-order valence-corrected chi connectivity index (χ0v) is 25.5. The maximum atomic E-state index is 13.6. The molecule has 0 spiro atoms. The zero-order valence-electron chi connectivity index (χ0n) is 22.9. The monoisotopic (exact) mass is 643 g/mol. The second-order valence-corrected chi connectivity index (χ2v) is 14.7. The van der Waals surface area contributed by atoms with Gasteiger partial charge in [-0.25, -0.2) is 16.8 Å². The zero-order chi connectivity index (χ0) is 30.9. The van der Waals surface area contributed by atoms with Gasteiger partial charge in [-0.3, -0.25) is 0 Å². The van der Waals surface area contributed by atoms with E-state index in [0.717, 1.165) is 11.8 Å². The first-order valence-corrected chi connectivity index (χ1v) is 16.7. The van der Waals surface area contributed by atoms with Crippen LogP contribution in [0, 0.1) is 0 Å². The number of thiol groups is 1. The Morgan fingerprint density at radius 3 is 2.10 bits per heavy atom. The molecule has 1 aliphatic heterocycles. The van der Waals surface area contributed by atoms with Crippen molar-refractivity contribution in [3.63, 3.8) is 0 Å². The Morgan fingerprint density at radius 2 is 1.52 bits per heavy atom. The van der Waals surface area contributed by atoms with Crippen molar-refractivity contribution in [2.45, 2.75) is 41.1 Å². The van der Waals surface area contributed by atoms with E-state index in [1.807, 2.05) is 0 Å². The molecular weight excluding hydrogens is 612 g/mol. The summed E-state index contributed by atoms with van der Waals surface area (Å²) in [6.45, 7) is 0.708. The summed E-state index contributed by atoms with van der Waals surface area (Å²) in [6.07, 6.45) is -3.82. The third-order valence-corrected chi connectivity index (χ3v) is 11.0. The molecule has 1 N–H and O–H groups in total. The van der Waals surface area contributed by atoms with E-state index in [1.165, 1.54) is 38.9 Å². The molecule has 2 atom stereocenters. The lowest BCUT2D eigenvalue weighted by atomic mass is 9.95. The molecule has 228 valence electrons. The Balaban J connectivity index is 1.70. The number of sulfonamides is 2. The minimum atomic E-state index is -4.90. The van der Waals surface area contributed by atoms with Crippen LogP contribution in [0.3, 0.4) is 0 Å². The molecule has 3 aromatic rings. The molecule has 0 aliphatic carbocycles. The molecule has 0 saturated carbocycles. The number of nitrogens with zero attached hydrogens (tertiary/aromatic N) is 3. The van der Waals surface area contributed by atoms with Gasteiger partial charge in [0.05, 0.1) is 17.2 Å². The van der Waals surface area contributed by atoms with Crippen LogP contribution < -0.4 is 4.90 Å². The van der Waals surface area contributed by atoms with Gasteiger partial charge in [0.1, 0.15) is 0 Å². The van der Waals surface area contributed by atoms with Crippen LogP contribution in [0.15, 0.2) is 88.7 Å². The van der Waals surface area contributed by atoms with Gasteiger partial charge in [0.2, 0.25) is 20.0 Å². The minimum Gasteiger partial charge on any atom is -0.376 e. The average Bonchev–Trinajstić information content (AvgIpc) is 2.92. The second kappa shape index (κ2) is 12.2. The maximum Gasteiger partial charge on any atom is 0.421 e. The van der Waals surface area contributed by atoms with Gasteiger partial charge in [0.15, 0.2) is 5.60 Å². The second-order valence-electron chi connectivity index (χ2n) is 10.3. The van der Waals surface area contributed by atoms with Crippen LogP contribution in [0.25, 0.3) is 0 Å².